The van der Waals surface area contributed by atoms with Gasteiger partial charge < -0.3 is 10.1 Å². The second-order valence-corrected chi connectivity index (χ2v) is 3.97. The zero-order chi connectivity index (χ0) is 12.5. The molecule has 1 heterocycles. The molecule has 1 aromatic heterocycles. The number of rotatable bonds is 8. The molecule has 0 radical (unpaired) electrons. The van der Waals surface area contributed by atoms with E-state index in [4.69, 9.17) is 4.74 Å². The summed E-state index contributed by atoms with van der Waals surface area (Å²) < 4.78 is 5.31. The summed E-state index contributed by atoms with van der Waals surface area (Å²) in [4.78, 5) is 4.25. The minimum absolute atomic E-state index is 0.289. The Labute approximate surface area is 104 Å². The van der Waals surface area contributed by atoms with E-state index < -0.39 is 0 Å². The van der Waals surface area contributed by atoms with Crippen molar-refractivity contribution in [2.75, 3.05) is 13.7 Å². The van der Waals surface area contributed by atoms with Gasteiger partial charge in [-0.2, -0.15) is 0 Å². The molecule has 17 heavy (non-hydrogen) atoms. The van der Waals surface area contributed by atoms with Gasteiger partial charge in [0.25, 0.3) is 0 Å². The maximum Gasteiger partial charge on any atom is 0.217 e. The third-order valence-corrected chi connectivity index (χ3v) is 2.67. The maximum atomic E-state index is 5.31. The highest BCUT2D eigenvalue weighted by Crippen LogP contribution is 2.25. The summed E-state index contributed by atoms with van der Waals surface area (Å²) in [5.41, 5.74) is 1.13. The van der Waals surface area contributed by atoms with Crippen LogP contribution in [0.25, 0.3) is 0 Å². The molecule has 94 valence electrons. The lowest BCUT2D eigenvalue weighted by atomic mass is 10.0. The van der Waals surface area contributed by atoms with Crippen LogP contribution in [0.15, 0.2) is 31.0 Å². The number of nitrogens with one attached hydrogen (secondary N) is 1. The van der Waals surface area contributed by atoms with Crippen LogP contribution < -0.4 is 10.1 Å². The van der Waals surface area contributed by atoms with Crippen molar-refractivity contribution in [2.24, 2.45) is 0 Å². The van der Waals surface area contributed by atoms with Crippen molar-refractivity contribution in [2.45, 2.75) is 32.2 Å². The van der Waals surface area contributed by atoms with Crippen molar-refractivity contribution < 1.29 is 4.74 Å². The average Bonchev–Trinajstić information content (AvgIpc) is 2.39. The number of allylic oxidation sites excluding steroid dienone is 1. The third kappa shape index (κ3) is 4.19. The second kappa shape index (κ2) is 7.85. The number of nitrogens with zero attached hydrogens (tertiary/aromatic N) is 1. The van der Waals surface area contributed by atoms with Crippen LogP contribution in [0.2, 0.25) is 0 Å². The van der Waals surface area contributed by atoms with Crippen LogP contribution in [0.1, 0.15) is 37.8 Å². The second-order valence-electron chi connectivity index (χ2n) is 3.97. The van der Waals surface area contributed by atoms with Crippen LogP contribution in [-0.2, 0) is 0 Å². The first-order valence-corrected chi connectivity index (χ1v) is 6.16. The molecule has 1 aromatic rings. The van der Waals surface area contributed by atoms with Crippen molar-refractivity contribution in [1.82, 2.24) is 10.3 Å². The predicted molar refractivity (Wildman–Crippen MR) is 71.3 cm³/mol. The van der Waals surface area contributed by atoms with Crippen molar-refractivity contribution in [3.05, 3.63) is 36.5 Å². The predicted octanol–water partition coefficient (Wildman–Crippen LogP) is 3.10. The van der Waals surface area contributed by atoms with Crippen LogP contribution in [-0.4, -0.2) is 18.6 Å². The molecule has 1 atom stereocenters. The Morgan fingerprint density at radius 1 is 1.59 bits per heavy atom. The SMILES string of the molecule is C=CCCC(NCCC)c1cccnc1OC. The van der Waals surface area contributed by atoms with Gasteiger partial charge in [-0.15, -0.1) is 6.58 Å². The smallest absolute Gasteiger partial charge is 0.217 e. The van der Waals surface area contributed by atoms with E-state index in [9.17, 15) is 0 Å². The summed E-state index contributed by atoms with van der Waals surface area (Å²) in [6.07, 6.45) is 6.83. The summed E-state index contributed by atoms with van der Waals surface area (Å²) in [5.74, 6) is 0.713. The van der Waals surface area contributed by atoms with Gasteiger partial charge in [-0.25, -0.2) is 4.98 Å². The van der Waals surface area contributed by atoms with Crippen LogP contribution in [0.3, 0.4) is 0 Å². The molecule has 0 aromatic carbocycles. The Kier molecular flexibility index (Phi) is 6.33. The fourth-order valence-electron chi connectivity index (χ4n) is 1.81. The lowest BCUT2D eigenvalue weighted by Crippen LogP contribution is -2.22. The highest BCUT2D eigenvalue weighted by molar-refractivity contribution is 5.28. The molecule has 3 nitrogen and oxygen atoms in total. The molecule has 1 rings (SSSR count). The molecule has 1 unspecified atom stereocenters. The lowest BCUT2D eigenvalue weighted by Gasteiger charge is -2.19. The van der Waals surface area contributed by atoms with Gasteiger partial charge in [-0.3, -0.25) is 0 Å². The molecule has 0 aliphatic rings. The van der Waals surface area contributed by atoms with Crippen LogP contribution in [0.4, 0.5) is 0 Å². The van der Waals surface area contributed by atoms with Crippen molar-refractivity contribution in [3.63, 3.8) is 0 Å². The normalized spacial score (nSPS) is 12.1. The summed E-state index contributed by atoms with van der Waals surface area (Å²) in [5, 5.41) is 3.53. The van der Waals surface area contributed by atoms with Crippen LogP contribution in [0.5, 0.6) is 5.88 Å². The monoisotopic (exact) mass is 234 g/mol. The standard InChI is InChI=1S/C14H22N2O/c1-4-6-9-13(15-10-5-2)12-8-7-11-16-14(12)17-3/h4,7-8,11,13,15H,1,5-6,9-10H2,2-3H3. The molecular formula is C14H22N2O. The van der Waals surface area contributed by atoms with Crippen molar-refractivity contribution in [3.8, 4) is 5.88 Å². The van der Waals surface area contributed by atoms with Gasteiger partial charge in [0, 0.05) is 17.8 Å². The Balaban J connectivity index is 2.81. The molecule has 0 amide bonds. The number of pyridine rings is 1. The van der Waals surface area contributed by atoms with E-state index in [0.717, 1.165) is 31.4 Å². The van der Waals surface area contributed by atoms with E-state index in [-0.39, 0.29) is 6.04 Å². The summed E-state index contributed by atoms with van der Waals surface area (Å²) in [6.45, 7) is 6.94. The number of methoxy groups -OCH3 is 1. The largest absolute Gasteiger partial charge is 0.481 e. The third-order valence-electron chi connectivity index (χ3n) is 2.67. The first-order chi connectivity index (χ1) is 8.33. The molecule has 0 saturated carbocycles. The molecule has 0 fully saturated rings. The molecule has 3 heteroatoms. The van der Waals surface area contributed by atoms with Gasteiger partial charge in [-0.1, -0.05) is 19.1 Å². The minimum Gasteiger partial charge on any atom is -0.481 e. The number of hydrogen-bond donors (Lipinski definition) is 1. The van der Waals surface area contributed by atoms with Gasteiger partial charge >= 0.3 is 0 Å². The molecular weight excluding hydrogens is 212 g/mol. The van der Waals surface area contributed by atoms with Crippen LogP contribution >= 0.6 is 0 Å². The van der Waals surface area contributed by atoms with E-state index in [0.29, 0.717) is 5.88 Å². The molecule has 0 bridgehead atoms. The Bertz CT molecular complexity index is 339. The van der Waals surface area contributed by atoms with E-state index in [1.807, 2.05) is 12.1 Å². The molecule has 0 spiro atoms. The molecule has 1 N–H and O–H groups in total. The highest BCUT2D eigenvalue weighted by Gasteiger charge is 2.15. The Morgan fingerprint density at radius 3 is 3.06 bits per heavy atom. The van der Waals surface area contributed by atoms with E-state index in [1.165, 1.54) is 0 Å². The summed E-state index contributed by atoms with van der Waals surface area (Å²) >= 11 is 0. The molecule has 0 saturated heterocycles. The van der Waals surface area contributed by atoms with E-state index in [1.54, 1.807) is 13.3 Å². The first-order valence-electron chi connectivity index (χ1n) is 6.16. The fourth-order valence-corrected chi connectivity index (χ4v) is 1.81. The van der Waals surface area contributed by atoms with Gasteiger partial charge in [0.1, 0.15) is 0 Å². The van der Waals surface area contributed by atoms with Crippen molar-refractivity contribution in [1.29, 1.82) is 0 Å². The zero-order valence-corrected chi connectivity index (χ0v) is 10.8. The average molecular weight is 234 g/mol. The Hall–Kier alpha value is -1.35. The summed E-state index contributed by atoms with van der Waals surface area (Å²) in [7, 11) is 1.66. The van der Waals surface area contributed by atoms with Crippen LogP contribution in [0, 0.1) is 0 Å². The zero-order valence-electron chi connectivity index (χ0n) is 10.8. The van der Waals surface area contributed by atoms with Gasteiger partial charge in [0.05, 0.1) is 7.11 Å². The van der Waals surface area contributed by atoms with Gasteiger partial charge in [0.2, 0.25) is 5.88 Å². The lowest BCUT2D eigenvalue weighted by molar-refractivity contribution is 0.379. The van der Waals surface area contributed by atoms with Crippen molar-refractivity contribution >= 4 is 0 Å². The van der Waals surface area contributed by atoms with E-state index in [2.05, 4.69) is 29.9 Å². The minimum atomic E-state index is 0.289. The highest BCUT2D eigenvalue weighted by atomic mass is 16.5. The quantitative estimate of drug-likeness (QED) is 0.702. The van der Waals surface area contributed by atoms with Gasteiger partial charge in [0.15, 0.2) is 0 Å². The topological polar surface area (TPSA) is 34.2 Å². The number of aromatic nitrogens is 1. The number of ether oxygens (including phenoxy) is 1. The molecule has 0 aliphatic heterocycles. The summed E-state index contributed by atoms with van der Waals surface area (Å²) in [6, 6.07) is 4.31. The number of hydrogen-bond acceptors (Lipinski definition) is 3. The van der Waals surface area contributed by atoms with E-state index >= 15 is 0 Å². The fraction of sp³-hybridized carbons (Fsp3) is 0.500. The Morgan fingerprint density at radius 2 is 2.41 bits per heavy atom. The molecule has 0 aliphatic carbocycles. The van der Waals surface area contributed by atoms with Gasteiger partial charge in [-0.05, 0) is 31.9 Å². The first kappa shape index (κ1) is 13.7. The maximum absolute atomic E-state index is 5.31.